The second kappa shape index (κ2) is 7.93. The Kier molecular flexibility index (Phi) is 5.76. The highest BCUT2D eigenvalue weighted by molar-refractivity contribution is 7.89. The number of rotatable bonds is 6. The van der Waals surface area contributed by atoms with Crippen molar-refractivity contribution in [1.82, 2.24) is 4.72 Å². The van der Waals surface area contributed by atoms with Gasteiger partial charge in [0.1, 0.15) is 5.75 Å². The van der Waals surface area contributed by atoms with Crippen molar-refractivity contribution in [2.75, 3.05) is 12.0 Å². The van der Waals surface area contributed by atoms with Crippen LogP contribution in [0.25, 0.3) is 0 Å². The third-order valence-corrected chi connectivity index (χ3v) is 6.54. The molecule has 2 aromatic rings. The molecule has 1 N–H and O–H groups in total. The summed E-state index contributed by atoms with van der Waals surface area (Å²) in [6.45, 7) is 5.33. The predicted octanol–water partition coefficient (Wildman–Crippen LogP) is 2.90. The highest BCUT2D eigenvalue weighted by Crippen LogP contribution is 2.33. The quantitative estimate of drug-likeness (QED) is 0.806. The number of amides is 1. The molecule has 1 heterocycles. The van der Waals surface area contributed by atoms with Gasteiger partial charge in [-0.15, -0.1) is 0 Å². The van der Waals surface area contributed by atoms with Crippen LogP contribution in [-0.2, 0) is 27.7 Å². The van der Waals surface area contributed by atoms with Crippen molar-refractivity contribution in [3.05, 3.63) is 53.6 Å². The van der Waals surface area contributed by atoms with Crippen LogP contribution in [0.2, 0.25) is 0 Å². The van der Waals surface area contributed by atoms with E-state index in [9.17, 15) is 13.2 Å². The van der Waals surface area contributed by atoms with Crippen molar-refractivity contribution in [2.24, 2.45) is 0 Å². The van der Waals surface area contributed by atoms with E-state index in [0.29, 0.717) is 12.8 Å². The van der Waals surface area contributed by atoms with Gasteiger partial charge in [-0.1, -0.05) is 12.1 Å². The first kappa shape index (κ1) is 20.4. The van der Waals surface area contributed by atoms with Crippen molar-refractivity contribution in [1.29, 1.82) is 0 Å². The average molecular weight is 403 g/mol. The van der Waals surface area contributed by atoms with Gasteiger partial charge in [0.2, 0.25) is 15.9 Å². The van der Waals surface area contributed by atoms with Crippen LogP contribution in [0.15, 0.2) is 47.4 Å². The van der Waals surface area contributed by atoms with E-state index in [1.807, 2.05) is 38.1 Å². The van der Waals surface area contributed by atoms with E-state index >= 15 is 0 Å². The minimum atomic E-state index is -3.66. The Hall–Kier alpha value is -2.38. The number of anilines is 1. The van der Waals surface area contributed by atoms with E-state index < -0.39 is 10.0 Å². The molecule has 0 bridgehead atoms. The predicted molar refractivity (Wildman–Crippen MR) is 109 cm³/mol. The van der Waals surface area contributed by atoms with Crippen molar-refractivity contribution in [3.63, 3.8) is 0 Å². The molecule has 2 atom stereocenters. The summed E-state index contributed by atoms with van der Waals surface area (Å²) in [7, 11) is -2.05. The monoisotopic (exact) mass is 402 g/mol. The van der Waals surface area contributed by atoms with Crippen LogP contribution in [0.3, 0.4) is 0 Å². The normalized spacial score (nSPS) is 17.3. The second-order valence-corrected chi connectivity index (χ2v) is 9.02. The molecule has 6 nitrogen and oxygen atoms in total. The summed E-state index contributed by atoms with van der Waals surface area (Å²) >= 11 is 0. The van der Waals surface area contributed by atoms with Gasteiger partial charge in [0.25, 0.3) is 0 Å². The molecule has 2 unspecified atom stereocenters. The van der Waals surface area contributed by atoms with Crippen LogP contribution in [0.4, 0.5) is 5.69 Å². The maximum absolute atomic E-state index is 12.8. The third kappa shape index (κ3) is 4.20. The number of hydrogen-bond donors (Lipinski definition) is 1. The minimum absolute atomic E-state index is 0.0328. The Morgan fingerprint density at radius 1 is 1.29 bits per heavy atom. The largest absolute Gasteiger partial charge is 0.497 e. The number of nitrogens with one attached hydrogen (secondary N) is 1. The number of hydrogen-bond acceptors (Lipinski definition) is 4. The lowest BCUT2D eigenvalue weighted by molar-refractivity contribution is -0.116. The van der Waals surface area contributed by atoms with E-state index in [2.05, 4.69) is 4.72 Å². The van der Waals surface area contributed by atoms with Crippen LogP contribution in [0.1, 0.15) is 31.9 Å². The Bertz CT molecular complexity index is 988. The number of sulfonamides is 1. The molecular weight excluding hydrogens is 376 g/mol. The summed E-state index contributed by atoms with van der Waals surface area (Å²) in [4.78, 5) is 13.8. The molecule has 0 aliphatic carbocycles. The summed E-state index contributed by atoms with van der Waals surface area (Å²) in [6.07, 6.45) is 1.20. The van der Waals surface area contributed by atoms with Gasteiger partial charge in [-0.05, 0) is 68.1 Å². The third-order valence-electron chi connectivity index (χ3n) is 4.95. The van der Waals surface area contributed by atoms with E-state index in [0.717, 1.165) is 22.6 Å². The minimum Gasteiger partial charge on any atom is -0.497 e. The van der Waals surface area contributed by atoms with Crippen molar-refractivity contribution >= 4 is 21.6 Å². The Morgan fingerprint density at radius 3 is 2.71 bits per heavy atom. The molecule has 1 amide bonds. The number of fused-ring (bicyclic) bond motifs is 1. The molecule has 0 aromatic heterocycles. The number of benzene rings is 2. The summed E-state index contributed by atoms with van der Waals surface area (Å²) < 4.78 is 33.6. The number of carbonyl (C=O) groups excluding carboxylic acids is 1. The molecule has 0 fully saturated rings. The lowest BCUT2D eigenvalue weighted by Gasteiger charge is -2.20. The molecular formula is C21H26N2O4S. The van der Waals surface area contributed by atoms with Gasteiger partial charge in [0.05, 0.1) is 12.0 Å². The molecule has 3 rings (SSSR count). The zero-order chi connectivity index (χ0) is 20.5. The smallest absolute Gasteiger partial charge is 0.240 e. The van der Waals surface area contributed by atoms with Gasteiger partial charge in [-0.3, -0.25) is 4.79 Å². The summed E-state index contributed by atoms with van der Waals surface area (Å²) in [5.74, 6) is 0.710. The zero-order valence-electron chi connectivity index (χ0n) is 16.6. The van der Waals surface area contributed by atoms with Gasteiger partial charge in [-0.25, -0.2) is 13.1 Å². The Labute approximate surface area is 166 Å². The van der Waals surface area contributed by atoms with Gasteiger partial charge >= 0.3 is 0 Å². The van der Waals surface area contributed by atoms with E-state index in [-0.39, 0.29) is 22.9 Å². The van der Waals surface area contributed by atoms with Crippen LogP contribution >= 0.6 is 0 Å². The topological polar surface area (TPSA) is 75.7 Å². The standard InChI is InChI=1S/C21H26N2O4S/c1-14(10-17-6-5-7-19(12-17)27-4)22-28(25,26)20-8-9-21-18(13-20)11-15(2)23(21)16(3)24/h5-9,12-15,22H,10-11H2,1-4H3. The van der Waals surface area contributed by atoms with Crippen LogP contribution in [0.5, 0.6) is 5.75 Å². The fourth-order valence-electron chi connectivity index (χ4n) is 3.78. The highest BCUT2D eigenvalue weighted by atomic mass is 32.2. The van der Waals surface area contributed by atoms with Gasteiger partial charge in [-0.2, -0.15) is 0 Å². The van der Waals surface area contributed by atoms with E-state index in [1.165, 1.54) is 6.92 Å². The molecule has 150 valence electrons. The lowest BCUT2D eigenvalue weighted by Crippen LogP contribution is -2.34. The summed E-state index contributed by atoms with van der Waals surface area (Å²) in [6, 6.07) is 12.3. The SMILES string of the molecule is COc1cccc(CC(C)NS(=O)(=O)c2ccc3c(c2)CC(C)N3C(C)=O)c1. The fourth-order valence-corrected chi connectivity index (χ4v) is 5.08. The number of carbonyl (C=O) groups is 1. The number of nitrogens with zero attached hydrogens (tertiary/aromatic N) is 1. The van der Waals surface area contributed by atoms with Crippen molar-refractivity contribution < 1.29 is 17.9 Å². The van der Waals surface area contributed by atoms with Gasteiger partial charge < -0.3 is 9.64 Å². The van der Waals surface area contributed by atoms with Crippen LogP contribution in [-0.4, -0.2) is 33.5 Å². The number of methoxy groups -OCH3 is 1. The molecule has 7 heteroatoms. The Balaban J connectivity index is 1.76. The maximum Gasteiger partial charge on any atom is 0.240 e. The molecule has 0 saturated heterocycles. The molecule has 0 spiro atoms. The van der Waals surface area contributed by atoms with E-state index in [4.69, 9.17) is 4.74 Å². The molecule has 1 aliphatic heterocycles. The first-order valence-electron chi connectivity index (χ1n) is 9.29. The molecule has 28 heavy (non-hydrogen) atoms. The Morgan fingerprint density at radius 2 is 2.04 bits per heavy atom. The van der Waals surface area contributed by atoms with Crippen LogP contribution in [0, 0.1) is 0 Å². The van der Waals surface area contributed by atoms with Crippen molar-refractivity contribution in [2.45, 2.75) is 50.6 Å². The molecule has 0 radical (unpaired) electrons. The highest BCUT2D eigenvalue weighted by Gasteiger charge is 2.30. The lowest BCUT2D eigenvalue weighted by atomic mass is 10.1. The molecule has 2 aromatic carbocycles. The molecule has 0 saturated carbocycles. The number of ether oxygens (including phenoxy) is 1. The first-order chi connectivity index (χ1) is 13.2. The summed E-state index contributed by atoms with van der Waals surface area (Å²) in [5.41, 5.74) is 2.67. The summed E-state index contributed by atoms with van der Waals surface area (Å²) in [5, 5.41) is 0. The van der Waals surface area contributed by atoms with Crippen molar-refractivity contribution in [3.8, 4) is 5.75 Å². The zero-order valence-corrected chi connectivity index (χ0v) is 17.4. The van der Waals surface area contributed by atoms with Gasteiger partial charge in [0, 0.05) is 24.7 Å². The van der Waals surface area contributed by atoms with E-state index in [1.54, 1.807) is 30.2 Å². The first-order valence-corrected chi connectivity index (χ1v) is 10.8. The van der Waals surface area contributed by atoms with Crippen LogP contribution < -0.4 is 14.4 Å². The molecule has 1 aliphatic rings. The average Bonchev–Trinajstić information content (AvgIpc) is 2.96. The fraction of sp³-hybridized carbons (Fsp3) is 0.381. The second-order valence-electron chi connectivity index (χ2n) is 7.31. The maximum atomic E-state index is 12.8. The van der Waals surface area contributed by atoms with Gasteiger partial charge in [0.15, 0.2) is 0 Å².